The Morgan fingerprint density at radius 3 is 2.62 bits per heavy atom. The van der Waals surface area contributed by atoms with E-state index in [4.69, 9.17) is 5.73 Å². The van der Waals surface area contributed by atoms with Gasteiger partial charge in [0.15, 0.2) is 5.84 Å². The maximum absolute atomic E-state index is 12.3. The number of fused-ring (bicyclic) bond motifs is 1. The van der Waals surface area contributed by atoms with E-state index < -0.39 is 28.5 Å². The lowest BCUT2D eigenvalue weighted by Gasteiger charge is -2.12. The average molecular weight is 329 g/mol. The van der Waals surface area contributed by atoms with Gasteiger partial charge >= 0.3 is 0 Å². The van der Waals surface area contributed by atoms with Gasteiger partial charge in [0.25, 0.3) is 5.56 Å². The van der Waals surface area contributed by atoms with Gasteiger partial charge in [-0.15, -0.1) is 5.10 Å². The van der Waals surface area contributed by atoms with E-state index in [0.717, 1.165) is 0 Å². The number of rotatable bonds is 4. The van der Waals surface area contributed by atoms with Crippen molar-refractivity contribution in [1.29, 1.82) is 0 Å². The Morgan fingerprint density at radius 2 is 1.96 bits per heavy atom. The number of H-pyrrole nitrogens is 1. The highest BCUT2D eigenvalue weighted by atomic mass is 16.3. The van der Waals surface area contributed by atoms with E-state index >= 15 is 0 Å². The molecule has 0 unspecified atom stereocenters. The number of aromatic amines is 1. The summed E-state index contributed by atoms with van der Waals surface area (Å²) in [5.74, 6) is -1.87. The maximum Gasteiger partial charge on any atom is 0.263 e. The number of nitrogens with zero attached hydrogens (tertiary/aromatic N) is 3. The number of nitrogens with two attached hydrogens (primary N) is 1. The predicted molar refractivity (Wildman–Crippen MR) is 91.4 cm³/mol. The molecule has 0 radical (unpaired) electrons. The van der Waals surface area contributed by atoms with Crippen molar-refractivity contribution in [3.8, 4) is 5.75 Å². The van der Waals surface area contributed by atoms with E-state index in [1.807, 2.05) is 20.8 Å². The van der Waals surface area contributed by atoms with Crippen LogP contribution in [0, 0.1) is 5.41 Å². The lowest BCUT2D eigenvalue weighted by atomic mass is 9.98. The van der Waals surface area contributed by atoms with Crippen molar-refractivity contribution in [1.82, 2.24) is 4.98 Å². The number of pyridine rings is 1. The van der Waals surface area contributed by atoms with Gasteiger partial charge in [-0.3, -0.25) is 9.59 Å². The minimum atomic E-state index is -0.908. The maximum atomic E-state index is 12.3. The third kappa shape index (κ3) is 3.83. The zero-order valence-corrected chi connectivity index (χ0v) is 13.7. The smallest absolute Gasteiger partial charge is 0.263 e. The van der Waals surface area contributed by atoms with Crippen LogP contribution in [0.5, 0.6) is 5.75 Å². The average Bonchev–Trinajstić information content (AvgIpc) is 2.50. The topological polar surface area (TPSA) is 133 Å². The fraction of sp³-hybridized carbons (Fsp3) is 0.312. The molecule has 1 aromatic carbocycles. The van der Waals surface area contributed by atoms with Gasteiger partial charge in [0.05, 0.1) is 12.1 Å². The van der Waals surface area contributed by atoms with E-state index in [0.29, 0.717) is 17.4 Å². The first-order valence-electron chi connectivity index (χ1n) is 7.29. The Labute approximate surface area is 138 Å². The molecule has 0 amide bonds. The molecule has 0 aliphatic heterocycles. The van der Waals surface area contributed by atoms with Crippen molar-refractivity contribution in [2.24, 2.45) is 26.6 Å². The number of para-hydroxylation sites is 1. The van der Waals surface area contributed by atoms with Crippen molar-refractivity contribution in [3.05, 3.63) is 40.2 Å². The molecule has 2 rings (SSSR count). The summed E-state index contributed by atoms with van der Waals surface area (Å²) in [5.41, 5.74) is 4.68. The normalized spacial score (nSPS) is 12.9. The summed E-state index contributed by atoms with van der Waals surface area (Å²) in [6.45, 7) is 6.31. The molecule has 1 heterocycles. The van der Waals surface area contributed by atoms with Crippen LogP contribution in [0.2, 0.25) is 0 Å². The second-order valence-corrected chi connectivity index (χ2v) is 6.49. The number of carbonyl (C=O) groups excluding carboxylic acids is 1. The van der Waals surface area contributed by atoms with Crippen LogP contribution in [-0.2, 0) is 0 Å². The fourth-order valence-electron chi connectivity index (χ4n) is 1.93. The van der Waals surface area contributed by atoms with Crippen LogP contribution in [0.15, 0.2) is 44.5 Å². The third-order valence-corrected chi connectivity index (χ3v) is 3.11. The van der Waals surface area contributed by atoms with E-state index in [2.05, 4.69) is 20.4 Å². The molecule has 0 saturated heterocycles. The van der Waals surface area contributed by atoms with Gasteiger partial charge in [0, 0.05) is 5.39 Å². The molecule has 0 bridgehead atoms. The van der Waals surface area contributed by atoms with Gasteiger partial charge in [-0.25, -0.2) is 0 Å². The Bertz CT molecular complexity index is 891. The fourth-order valence-corrected chi connectivity index (χ4v) is 1.93. The molecule has 0 saturated carbocycles. The molecule has 8 heteroatoms. The van der Waals surface area contributed by atoms with Crippen LogP contribution in [-0.4, -0.2) is 28.3 Å². The summed E-state index contributed by atoms with van der Waals surface area (Å²) in [5, 5.41) is 21.4. The van der Waals surface area contributed by atoms with Crippen molar-refractivity contribution in [3.63, 3.8) is 0 Å². The molecule has 0 fully saturated rings. The molecule has 0 spiro atoms. The van der Waals surface area contributed by atoms with Crippen molar-refractivity contribution in [2.75, 3.05) is 6.54 Å². The second-order valence-electron chi connectivity index (χ2n) is 6.49. The molecular formula is C16H19N5O3. The second kappa shape index (κ2) is 6.61. The van der Waals surface area contributed by atoms with Crippen LogP contribution in [0.3, 0.4) is 0 Å². The van der Waals surface area contributed by atoms with E-state index in [9.17, 15) is 14.7 Å². The van der Waals surface area contributed by atoms with Gasteiger partial charge in [-0.05, 0) is 22.8 Å². The first-order chi connectivity index (χ1) is 11.2. The number of amidine groups is 1. The highest BCUT2D eigenvalue weighted by Gasteiger charge is 2.22. The first-order valence-corrected chi connectivity index (χ1v) is 7.29. The minimum Gasteiger partial charge on any atom is -0.506 e. The van der Waals surface area contributed by atoms with Crippen LogP contribution < -0.4 is 11.3 Å². The standard InChI is InChI=1S/C16H19N5O3/c1-16(2,3)8-18-21-20-14(17)13(23)11-12(22)9-6-4-5-7-10(9)19-15(11)24/h4-7H,8H2,1-3H3,(H2,17,18,20)(H2,19,22,24). The predicted octanol–water partition coefficient (Wildman–Crippen LogP) is 2.19. The molecule has 4 N–H and O–H groups in total. The number of aromatic nitrogens is 1. The highest BCUT2D eigenvalue weighted by molar-refractivity contribution is 6.45. The summed E-state index contributed by atoms with van der Waals surface area (Å²) < 4.78 is 0. The lowest BCUT2D eigenvalue weighted by molar-refractivity contribution is 0.106. The zero-order chi connectivity index (χ0) is 17.9. The molecule has 0 aliphatic rings. The van der Waals surface area contributed by atoms with Crippen molar-refractivity contribution >= 4 is 22.5 Å². The van der Waals surface area contributed by atoms with Gasteiger partial charge in [0.1, 0.15) is 11.3 Å². The summed E-state index contributed by atoms with van der Waals surface area (Å²) in [4.78, 5) is 26.9. The number of hydrogen-bond donors (Lipinski definition) is 3. The number of nitrogens with one attached hydrogen (secondary N) is 1. The molecule has 1 aromatic heterocycles. The Hall–Kier alpha value is -3.03. The van der Waals surface area contributed by atoms with E-state index in [1.165, 1.54) is 0 Å². The monoisotopic (exact) mass is 329 g/mol. The Morgan fingerprint density at radius 1 is 1.29 bits per heavy atom. The SMILES string of the molecule is CC(C)(C)CN=NN=C(N)C(=O)c1c(O)c2ccccc2[nH]c1=O. The van der Waals surface area contributed by atoms with Gasteiger partial charge in [-0.2, -0.15) is 5.11 Å². The molecule has 0 aliphatic carbocycles. The van der Waals surface area contributed by atoms with Crippen LogP contribution >= 0.6 is 0 Å². The number of benzene rings is 1. The number of carbonyl (C=O) groups is 1. The van der Waals surface area contributed by atoms with Gasteiger partial charge in [0.2, 0.25) is 5.78 Å². The molecule has 24 heavy (non-hydrogen) atoms. The molecule has 0 atom stereocenters. The van der Waals surface area contributed by atoms with Crippen LogP contribution in [0.4, 0.5) is 0 Å². The summed E-state index contributed by atoms with van der Waals surface area (Å²) in [6, 6.07) is 6.56. The van der Waals surface area contributed by atoms with Gasteiger partial charge in [-0.1, -0.05) is 32.9 Å². The van der Waals surface area contributed by atoms with Crippen molar-refractivity contribution in [2.45, 2.75) is 20.8 Å². The quantitative estimate of drug-likeness (QED) is 0.260. The molecule has 126 valence electrons. The Balaban J connectivity index is 2.36. The number of ketones is 1. The van der Waals surface area contributed by atoms with Crippen LogP contribution in [0.25, 0.3) is 10.9 Å². The van der Waals surface area contributed by atoms with Crippen molar-refractivity contribution < 1.29 is 9.90 Å². The summed E-state index contributed by atoms with van der Waals surface area (Å²) in [7, 11) is 0. The highest BCUT2D eigenvalue weighted by Crippen LogP contribution is 2.24. The molecule has 8 nitrogen and oxygen atoms in total. The minimum absolute atomic E-state index is 0.0778. The Kier molecular flexibility index (Phi) is 4.77. The summed E-state index contributed by atoms with van der Waals surface area (Å²) in [6.07, 6.45) is 0. The van der Waals surface area contributed by atoms with E-state index in [1.54, 1.807) is 24.3 Å². The summed E-state index contributed by atoms with van der Waals surface area (Å²) >= 11 is 0. The van der Waals surface area contributed by atoms with Gasteiger partial charge < -0.3 is 15.8 Å². The number of hydrogen-bond acceptors (Lipinski definition) is 5. The van der Waals surface area contributed by atoms with Crippen LogP contribution in [0.1, 0.15) is 31.1 Å². The third-order valence-electron chi connectivity index (χ3n) is 3.11. The molecule has 2 aromatic rings. The largest absolute Gasteiger partial charge is 0.506 e. The zero-order valence-electron chi connectivity index (χ0n) is 13.7. The van der Waals surface area contributed by atoms with E-state index in [-0.39, 0.29) is 5.41 Å². The first kappa shape index (κ1) is 17.3. The lowest BCUT2D eigenvalue weighted by Crippen LogP contribution is -2.29. The number of aromatic hydroxyl groups is 1. The molecular weight excluding hydrogens is 310 g/mol. The number of Topliss-reactive ketones (excluding diaryl/α,β-unsaturated/α-hetero) is 1.